The molecular weight excluding hydrogens is 394 g/mol. The highest BCUT2D eigenvalue weighted by molar-refractivity contribution is 5.77. The van der Waals surface area contributed by atoms with Crippen LogP contribution in [0.4, 0.5) is 4.79 Å². The summed E-state index contributed by atoms with van der Waals surface area (Å²) in [6.45, 7) is 11.8. The maximum absolute atomic E-state index is 12.9. The maximum Gasteiger partial charge on any atom is 0.443 e. The lowest BCUT2D eigenvalue weighted by atomic mass is 9.97. The van der Waals surface area contributed by atoms with Crippen LogP contribution in [-0.4, -0.2) is 27.8 Å². The lowest BCUT2D eigenvalue weighted by molar-refractivity contribution is -0.0968. The van der Waals surface area contributed by atoms with Gasteiger partial charge in [0.05, 0.1) is 11.6 Å². The molecule has 0 saturated heterocycles. The predicted octanol–water partition coefficient (Wildman–Crippen LogP) is 5.48. The van der Waals surface area contributed by atoms with Crippen molar-refractivity contribution in [2.24, 2.45) is 5.92 Å². The Morgan fingerprint density at radius 3 is 2.68 bits per heavy atom. The average molecular weight is 424 g/mol. The molecule has 0 radical (unpaired) electrons. The second kappa shape index (κ2) is 8.84. The van der Waals surface area contributed by atoms with Crippen molar-refractivity contribution in [3.8, 4) is 28.7 Å². The monoisotopic (exact) mass is 423 g/mol. The van der Waals surface area contributed by atoms with Gasteiger partial charge in [-0.05, 0) is 57.7 Å². The smallest absolute Gasteiger partial charge is 0.443 e. The molecule has 3 rings (SSSR count). The summed E-state index contributed by atoms with van der Waals surface area (Å²) in [4.78, 5) is 23.0. The van der Waals surface area contributed by atoms with Gasteiger partial charge in [0.2, 0.25) is 0 Å². The molecule has 2 heterocycles. The Hall–Kier alpha value is -3.27. The van der Waals surface area contributed by atoms with Crippen molar-refractivity contribution in [2.75, 3.05) is 0 Å². The third-order valence-corrected chi connectivity index (χ3v) is 4.76. The van der Waals surface area contributed by atoms with E-state index >= 15 is 0 Å². The topological polar surface area (TPSA) is 84.7 Å². The van der Waals surface area contributed by atoms with E-state index in [4.69, 9.17) is 14.3 Å². The Bertz CT molecular complexity index is 1000. The summed E-state index contributed by atoms with van der Waals surface area (Å²) in [7, 11) is 0. The van der Waals surface area contributed by atoms with Crippen LogP contribution in [0, 0.1) is 17.2 Å². The summed E-state index contributed by atoms with van der Waals surface area (Å²) in [5.74, 6) is 1.18. The van der Waals surface area contributed by atoms with Gasteiger partial charge in [-0.15, -0.1) is 5.06 Å². The number of aromatic nitrogens is 1. The first-order valence-corrected chi connectivity index (χ1v) is 10.4. The van der Waals surface area contributed by atoms with Crippen molar-refractivity contribution >= 4 is 6.09 Å². The molecule has 1 atom stereocenters. The molecule has 1 aromatic carbocycles. The van der Waals surface area contributed by atoms with Crippen LogP contribution in [0.3, 0.4) is 0 Å². The van der Waals surface area contributed by atoms with Crippen molar-refractivity contribution in [3.05, 3.63) is 41.7 Å². The number of carbonyl (C=O) groups excluding carboxylic acids is 1. The molecule has 0 fully saturated rings. The Balaban J connectivity index is 1.98. The van der Waals surface area contributed by atoms with Gasteiger partial charge in [-0.25, -0.2) is 4.79 Å². The fourth-order valence-corrected chi connectivity index (χ4v) is 3.51. The highest BCUT2D eigenvalue weighted by Crippen LogP contribution is 2.41. The van der Waals surface area contributed by atoms with Gasteiger partial charge in [-0.2, -0.15) is 5.26 Å². The summed E-state index contributed by atoms with van der Waals surface area (Å²) >= 11 is 0. The normalized spacial score (nSPS) is 13.4. The summed E-state index contributed by atoms with van der Waals surface area (Å²) in [5.41, 5.74) is 2.35. The Labute approximate surface area is 183 Å². The first-order valence-electron chi connectivity index (χ1n) is 10.4. The van der Waals surface area contributed by atoms with E-state index in [-0.39, 0.29) is 11.8 Å². The second-order valence-corrected chi connectivity index (χ2v) is 9.15. The summed E-state index contributed by atoms with van der Waals surface area (Å²) in [5, 5.41) is 11.0. The Morgan fingerprint density at radius 2 is 2.03 bits per heavy atom. The maximum atomic E-state index is 12.9. The van der Waals surface area contributed by atoms with E-state index < -0.39 is 11.7 Å². The van der Waals surface area contributed by atoms with Crippen LogP contribution in [0.1, 0.15) is 59.1 Å². The molecule has 1 aliphatic rings. The first-order chi connectivity index (χ1) is 14.6. The summed E-state index contributed by atoms with van der Waals surface area (Å²) < 4.78 is 11.4. The van der Waals surface area contributed by atoms with Crippen LogP contribution in [0.15, 0.2) is 30.6 Å². The molecule has 0 bridgehead atoms. The number of rotatable bonds is 5. The fraction of sp³-hybridized carbons (Fsp3) is 0.458. The molecule has 0 aliphatic carbocycles. The van der Waals surface area contributed by atoms with Crippen molar-refractivity contribution in [2.45, 2.75) is 66.2 Å². The number of fused-ring (bicyclic) bond motifs is 3. The molecule has 1 aromatic heterocycles. The lowest BCUT2D eigenvalue weighted by Gasteiger charge is -2.32. The minimum absolute atomic E-state index is 0.250. The van der Waals surface area contributed by atoms with E-state index in [0.29, 0.717) is 30.3 Å². The molecule has 2 aromatic rings. The number of ether oxygens (including phenoxy) is 2. The number of benzene rings is 1. The molecule has 164 valence electrons. The van der Waals surface area contributed by atoms with Gasteiger partial charge in [-0.3, -0.25) is 4.98 Å². The van der Waals surface area contributed by atoms with Crippen LogP contribution in [0.5, 0.6) is 11.5 Å². The molecule has 0 saturated carbocycles. The molecule has 0 spiro atoms. The highest BCUT2D eigenvalue weighted by atomic mass is 16.7. The van der Waals surface area contributed by atoms with Crippen LogP contribution >= 0.6 is 0 Å². The zero-order valence-electron chi connectivity index (χ0n) is 18.9. The number of carbonyl (C=O) groups is 1. The average Bonchev–Trinajstić information content (AvgIpc) is 2.69. The van der Waals surface area contributed by atoms with Gasteiger partial charge in [0.25, 0.3) is 0 Å². The summed E-state index contributed by atoms with van der Waals surface area (Å²) in [6, 6.07) is 7.20. The summed E-state index contributed by atoms with van der Waals surface area (Å²) in [6.07, 6.45) is 3.58. The van der Waals surface area contributed by atoms with Gasteiger partial charge in [0.15, 0.2) is 5.75 Å². The number of hydroxylamine groups is 2. The zero-order chi connectivity index (χ0) is 22.8. The van der Waals surface area contributed by atoms with Crippen molar-refractivity contribution < 1.29 is 19.1 Å². The van der Waals surface area contributed by atoms with Gasteiger partial charge in [-0.1, -0.05) is 13.8 Å². The van der Waals surface area contributed by atoms with E-state index in [0.717, 1.165) is 16.7 Å². The largest absolute Gasteiger partial charge is 0.488 e. The van der Waals surface area contributed by atoms with Gasteiger partial charge in [0.1, 0.15) is 24.0 Å². The number of nitrogens with zero attached hydrogens (tertiary/aromatic N) is 3. The number of hydrogen-bond acceptors (Lipinski definition) is 6. The first kappa shape index (κ1) is 22.4. The van der Waals surface area contributed by atoms with E-state index in [2.05, 4.69) is 24.9 Å². The molecule has 0 N–H and O–H groups in total. The number of nitriles is 1. The number of pyridine rings is 1. The third-order valence-electron chi connectivity index (χ3n) is 4.76. The van der Waals surface area contributed by atoms with Crippen LogP contribution in [0.2, 0.25) is 0 Å². The van der Waals surface area contributed by atoms with Crippen molar-refractivity contribution in [3.63, 3.8) is 0 Å². The van der Waals surface area contributed by atoms with Crippen molar-refractivity contribution in [1.82, 2.24) is 10.0 Å². The molecule has 1 unspecified atom stereocenters. The number of hydrogen-bond donors (Lipinski definition) is 0. The van der Waals surface area contributed by atoms with Gasteiger partial charge in [0, 0.05) is 29.6 Å². The SMILES string of the molecule is CC(C)CC(C)N(Oc1cc2c(cc1C#N)-c1ccncc1CO2)C(=O)OC(C)(C)C. The van der Waals surface area contributed by atoms with Crippen LogP contribution < -0.4 is 9.57 Å². The fourth-order valence-electron chi connectivity index (χ4n) is 3.51. The van der Waals surface area contributed by atoms with E-state index in [1.54, 1.807) is 45.3 Å². The van der Waals surface area contributed by atoms with E-state index in [1.807, 2.05) is 13.0 Å². The van der Waals surface area contributed by atoms with E-state index in [9.17, 15) is 10.1 Å². The Morgan fingerprint density at radius 1 is 1.29 bits per heavy atom. The standard InChI is InChI=1S/C24H29N3O4/c1-15(2)9-16(3)27(23(28)30-24(4,5)6)31-21-11-22-20(10-17(21)12-25)19-7-8-26-13-18(19)14-29-22/h7-8,10-11,13,15-16H,9,14H2,1-6H3. The lowest BCUT2D eigenvalue weighted by Crippen LogP contribution is -2.45. The zero-order valence-corrected chi connectivity index (χ0v) is 18.9. The second-order valence-electron chi connectivity index (χ2n) is 9.15. The molecule has 7 nitrogen and oxygen atoms in total. The minimum Gasteiger partial charge on any atom is -0.488 e. The molecule has 7 heteroatoms. The van der Waals surface area contributed by atoms with E-state index in [1.165, 1.54) is 5.06 Å². The van der Waals surface area contributed by atoms with Gasteiger partial charge < -0.3 is 14.3 Å². The molecule has 31 heavy (non-hydrogen) atoms. The molecule has 1 aliphatic heterocycles. The van der Waals surface area contributed by atoms with Crippen molar-refractivity contribution in [1.29, 1.82) is 5.26 Å². The Kier molecular flexibility index (Phi) is 6.40. The quantitative estimate of drug-likeness (QED) is 0.592. The molecular formula is C24H29N3O4. The van der Waals surface area contributed by atoms with Crippen LogP contribution in [0.25, 0.3) is 11.1 Å². The third kappa shape index (κ3) is 5.26. The van der Waals surface area contributed by atoms with Crippen LogP contribution in [-0.2, 0) is 11.3 Å². The molecule has 1 amide bonds. The highest BCUT2D eigenvalue weighted by Gasteiger charge is 2.30. The minimum atomic E-state index is -0.676. The number of amides is 1. The predicted molar refractivity (Wildman–Crippen MR) is 116 cm³/mol. The van der Waals surface area contributed by atoms with Gasteiger partial charge >= 0.3 is 6.09 Å².